The molecule has 0 unspecified atom stereocenters. The van der Waals surface area contributed by atoms with Gasteiger partial charge < -0.3 is 0 Å². The molecular weight excluding hydrogens is 190 g/mol. The molecule has 1 nitrogen and oxygen atoms in total. The molecule has 0 spiro atoms. The van der Waals surface area contributed by atoms with Crippen LogP contribution >= 0.6 is 11.8 Å². The summed E-state index contributed by atoms with van der Waals surface area (Å²) in [5.74, 6) is 1.12. The lowest BCUT2D eigenvalue weighted by Gasteiger charge is -2.09. The zero-order valence-electron chi connectivity index (χ0n) is 8.66. The lowest BCUT2D eigenvalue weighted by atomic mass is 10.1. The van der Waals surface area contributed by atoms with E-state index in [1.54, 1.807) is 0 Å². The number of rotatable bonds is 2. The summed E-state index contributed by atoms with van der Waals surface area (Å²) in [6.07, 6.45) is 0.995. The summed E-state index contributed by atoms with van der Waals surface area (Å²) in [7, 11) is 0. The summed E-state index contributed by atoms with van der Waals surface area (Å²) in [4.78, 5) is 4.70. The molecule has 2 rings (SSSR count). The maximum atomic E-state index is 4.70. The Morgan fingerprint density at radius 1 is 1.29 bits per heavy atom. The fourth-order valence-corrected chi connectivity index (χ4v) is 2.69. The average molecular weight is 205 g/mol. The molecule has 0 aromatic heterocycles. The first kappa shape index (κ1) is 9.78. The van der Waals surface area contributed by atoms with Gasteiger partial charge in [-0.05, 0) is 19.4 Å². The Balaban J connectivity index is 2.07. The van der Waals surface area contributed by atoms with Crippen molar-refractivity contribution in [2.24, 2.45) is 4.99 Å². The molecule has 0 saturated heterocycles. The molecule has 0 aliphatic carbocycles. The van der Waals surface area contributed by atoms with E-state index in [2.05, 4.69) is 44.2 Å². The Hall–Kier alpha value is -0.760. The second-order valence-corrected chi connectivity index (χ2v) is 5.32. The predicted molar refractivity (Wildman–Crippen MR) is 64.1 cm³/mol. The van der Waals surface area contributed by atoms with E-state index < -0.39 is 0 Å². The number of hydrogen-bond donors (Lipinski definition) is 0. The van der Waals surface area contributed by atoms with Crippen LogP contribution in [0.1, 0.15) is 19.4 Å². The lowest BCUT2D eigenvalue weighted by molar-refractivity contribution is 0.604. The van der Waals surface area contributed by atoms with Crippen LogP contribution in [-0.4, -0.2) is 16.3 Å². The van der Waals surface area contributed by atoms with Gasteiger partial charge in [-0.1, -0.05) is 30.3 Å². The molecule has 1 aromatic carbocycles. The third-order valence-corrected chi connectivity index (χ3v) is 3.64. The van der Waals surface area contributed by atoms with Gasteiger partial charge in [0.15, 0.2) is 0 Å². The van der Waals surface area contributed by atoms with Gasteiger partial charge in [0.25, 0.3) is 0 Å². The lowest BCUT2D eigenvalue weighted by Crippen LogP contribution is -2.15. The Bertz CT molecular complexity index is 341. The summed E-state index contributed by atoms with van der Waals surface area (Å²) in [6.45, 7) is 4.38. The van der Waals surface area contributed by atoms with E-state index in [-0.39, 0.29) is 5.54 Å². The fourth-order valence-electron chi connectivity index (χ4n) is 1.52. The predicted octanol–water partition coefficient (Wildman–Crippen LogP) is 3.15. The molecule has 2 heteroatoms. The minimum Gasteiger partial charge on any atom is -0.276 e. The number of hydrogen-bond acceptors (Lipinski definition) is 2. The number of aliphatic imine (C=N–C) groups is 1. The molecule has 1 aliphatic heterocycles. The van der Waals surface area contributed by atoms with E-state index in [1.807, 2.05) is 11.8 Å². The van der Waals surface area contributed by atoms with Crippen LogP contribution in [0.3, 0.4) is 0 Å². The second-order valence-electron chi connectivity index (χ2n) is 4.27. The maximum Gasteiger partial charge on any atom is 0.0727 e. The van der Waals surface area contributed by atoms with E-state index in [9.17, 15) is 0 Å². The Kier molecular flexibility index (Phi) is 2.64. The molecule has 1 aromatic rings. The fraction of sp³-hybridized carbons (Fsp3) is 0.417. The molecule has 1 heterocycles. The van der Waals surface area contributed by atoms with Gasteiger partial charge in [0.1, 0.15) is 0 Å². The van der Waals surface area contributed by atoms with Crippen molar-refractivity contribution in [3.05, 3.63) is 35.9 Å². The van der Waals surface area contributed by atoms with Gasteiger partial charge in [-0.15, -0.1) is 11.8 Å². The van der Waals surface area contributed by atoms with Crippen molar-refractivity contribution in [1.82, 2.24) is 0 Å². The molecule has 0 bridgehead atoms. The van der Waals surface area contributed by atoms with Crippen LogP contribution in [0.2, 0.25) is 0 Å². The van der Waals surface area contributed by atoms with Crippen LogP contribution in [0.5, 0.6) is 0 Å². The summed E-state index contributed by atoms with van der Waals surface area (Å²) < 4.78 is 0. The van der Waals surface area contributed by atoms with Crippen molar-refractivity contribution >= 4 is 16.8 Å². The molecule has 14 heavy (non-hydrogen) atoms. The van der Waals surface area contributed by atoms with Crippen molar-refractivity contribution in [3.8, 4) is 0 Å². The van der Waals surface area contributed by atoms with Crippen molar-refractivity contribution in [2.45, 2.75) is 25.8 Å². The number of nitrogens with zero attached hydrogens (tertiary/aromatic N) is 1. The van der Waals surface area contributed by atoms with Gasteiger partial charge >= 0.3 is 0 Å². The van der Waals surface area contributed by atoms with Gasteiger partial charge in [0.2, 0.25) is 0 Å². The molecule has 0 radical (unpaired) electrons. The average Bonchev–Trinajstić information content (AvgIpc) is 2.47. The Labute approximate surface area is 89.6 Å². The van der Waals surface area contributed by atoms with Gasteiger partial charge in [0.05, 0.1) is 10.6 Å². The van der Waals surface area contributed by atoms with Crippen LogP contribution < -0.4 is 0 Å². The van der Waals surface area contributed by atoms with Gasteiger partial charge in [-0.25, -0.2) is 0 Å². The standard InChI is InChI=1S/C12H15NS/c1-12(2)9-14-11(13-12)8-10-6-4-3-5-7-10/h3-7H,8-9H2,1-2H3. The molecule has 74 valence electrons. The second kappa shape index (κ2) is 3.77. The molecule has 0 atom stereocenters. The van der Waals surface area contributed by atoms with Crippen LogP contribution in [0.4, 0.5) is 0 Å². The molecule has 1 aliphatic rings. The first-order valence-corrected chi connectivity index (χ1v) is 5.90. The zero-order chi connectivity index (χ0) is 10.0. The van der Waals surface area contributed by atoms with Crippen LogP contribution in [0.25, 0.3) is 0 Å². The highest BCUT2D eigenvalue weighted by atomic mass is 32.2. The van der Waals surface area contributed by atoms with E-state index in [1.165, 1.54) is 10.6 Å². The van der Waals surface area contributed by atoms with E-state index in [0.717, 1.165) is 12.2 Å². The van der Waals surface area contributed by atoms with Crippen LogP contribution in [0, 0.1) is 0 Å². The number of benzene rings is 1. The number of thioether (sulfide) groups is 1. The van der Waals surface area contributed by atoms with Crippen molar-refractivity contribution in [3.63, 3.8) is 0 Å². The van der Waals surface area contributed by atoms with Crippen LogP contribution in [-0.2, 0) is 6.42 Å². The summed E-state index contributed by atoms with van der Waals surface area (Å²) >= 11 is 1.89. The van der Waals surface area contributed by atoms with Gasteiger partial charge in [-0.3, -0.25) is 4.99 Å². The third-order valence-electron chi connectivity index (χ3n) is 2.22. The van der Waals surface area contributed by atoms with E-state index in [0.29, 0.717) is 0 Å². The minimum atomic E-state index is 0.148. The minimum absolute atomic E-state index is 0.148. The highest BCUT2D eigenvalue weighted by molar-refractivity contribution is 8.14. The highest BCUT2D eigenvalue weighted by Gasteiger charge is 2.24. The first-order valence-electron chi connectivity index (χ1n) is 4.91. The Morgan fingerprint density at radius 2 is 2.00 bits per heavy atom. The molecule has 0 fully saturated rings. The van der Waals surface area contributed by atoms with E-state index >= 15 is 0 Å². The van der Waals surface area contributed by atoms with Crippen LogP contribution in [0.15, 0.2) is 35.3 Å². The molecule has 0 saturated carbocycles. The van der Waals surface area contributed by atoms with Crippen molar-refractivity contribution in [2.75, 3.05) is 5.75 Å². The van der Waals surface area contributed by atoms with Gasteiger partial charge in [-0.2, -0.15) is 0 Å². The summed E-state index contributed by atoms with van der Waals surface area (Å²) in [6, 6.07) is 10.5. The summed E-state index contributed by atoms with van der Waals surface area (Å²) in [5.41, 5.74) is 1.51. The monoisotopic (exact) mass is 205 g/mol. The maximum absolute atomic E-state index is 4.70. The SMILES string of the molecule is CC1(C)CSC(Cc2ccccc2)=N1. The Morgan fingerprint density at radius 3 is 2.57 bits per heavy atom. The third kappa shape index (κ3) is 2.38. The zero-order valence-corrected chi connectivity index (χ0v) is 9.47. The highest BCUT2D eigenvalue weighted by Crippen LogP contribution is 2.28. The summed E-state index contributed by atoms with van der Waals surface area (Å²) in [5, 5.41) is 1.28. The van der Waals surface area contributed by atoms with Gasteiger partial charge in [0, 0.05) is 12.2 Å². The molecule has 0 amide bonds. The van der Waals surface area contributed by atoms with Crippen molar-refractivity contribution < 1.29 is 0 Å². The first-order chi connectivity index (χ1) is 6.66. The van der Waals surface area contributed by atoms with Crippen molar-refractivity contribution in [1.29, 1.82) is 0 Å². The molecular formula is C12H15NS. The smallest absolute Gasteiger partial charge is 0.0727 e. The van der Waals surface area contributed by atoms with E-state index in [4.69, 9.17) is 4.99 Å². The molecule has 0 N–H and O–H groups in total. The normalized spacial score (nSPS) is 19.4. The topological polar surface area (TPSA) is 12.4 Å². The quantitative estimate of drug-likeness (QED) is 0.722. The largest absolute Gasteiger partial charge is 0.276 e.